The van der Waals surface area contributed by atoms with E-state index in [0.717, 1.165) is 11.8 Å². The normalized spacial score (nSPS) is 18.3. The zero-order chi connectivity index (χ0) is 23.0. The lowest BCUT2D eigenvalue weighted by Crippen LogP contribution is -2.29. The van der Waals surface area contributed by atoms with Crippen molar-refractivity contribution in [3.8, 4) is 0 Å². The van der Waals surface area contributed by atoms with E-state index in [1.807, 2.05) is 0 Å². The standard InChI is InChI=1S/C22H13Cl3N2O4S/c23-13-6-4-12(5-7-13)19-21(32-18-9-8-15(25)11-17(18)27(30)31)20(28)22(29)26(19)16-3-1-2-14(24)10-16/h1-11,19,21H. The Hall–Kier alpha value is -2.58. The van der Waals surface area contributed by atoms with Gasteiger partial charge in [-0.05, 0) is 48.0 Å². The highest BCUT2D eigenvalue weighted by Gasteiger charge is 2.49. The summed E-state index contributed by atoms with van der Waals surface area (Å²) in [6.07, 6.45) is 0. The van der Waals surface area contributed by atoms with Crippen LogP contribution in [0.1, 0.15) is 11.6 Å². The maximum Gasteiger partial charge on any atom is 0.296 e. The summed E-state index contributed by atoms with van der Waals surface area (Å²) in [4.78, 5) is 38.8. The number of anilines is 1. The van der Waals surface area contributed by atoms with Crippen molar-refractivity contribution in [1.82, 2.24) is 0 Å². The number of hydrogen-bond acceptors (Lipinski definition) is 5. The summed E-state index contributed by atoms with van der Waals surface area (Å²) in [5, 5.41) is 11.7. The monoisotopic (exact) mass is 506 g/mol. The Morgan fingerprint density at radius 3 is 2.19 bits per heavy atom. The smallest absolute Gasteiger partial charge is 0.296 e. The number of halogens is 3. The molecule has 1 amide bonds. The summed E-state index contributed by atoms with van der Waals surface area (Å²) < 4.78 is 0. The molecular weight excluding hydrogens is 495 g/mol. The number of Topliss-reactive ketones (excluding diaryl/α,β-unsaturated/α-hetero) is 1. The maximum absolute atomic E-state index is 13.1. The van der Waals surface area contributed by atoms with Crippen LogP contribution in [0.3, 0.4) is 0 Å². The van der Waals surface area contributed by atoms with Gasteiger partial charge in [-0.1, -0.05) is 53.0 Å². The number of carbonyl (C=O) groups is 2. The Labute approximate surface area is 202 Å². The zero-order valence-electron chi connectivity index (χ0n) is 16.1. The van der Waals surface area contributed by atoms with Gasteiger partial charge in [-0.25, -0.2) is 0 Å². The number of nitro groups is 1. The van der Waals surface area contributed by atoms with Crippen molar-refractivity contribution in [1.29, 1.82) is 0 Å². The number of ketones is 1. The van der Waals surface area contributed by atoms with Crippen LogP contribution in [0.2, 0.25) is 15.1 Å². The van der Waals surface area contributed by atoms with E-state index in [-0.39, 0.29) is 15.6 Å². The van der Waals surface area contributed by atoms with Crippen molar-refractivity contribution in [2.45, 2.75) is 16.2 Å². The summed E-state index contributed by atoms with van der Waals surface area (Å²) >= 11 is 19.0. The third kappa shape index (κ3) is 4.34. The third-order valence-corrected chi connectivity index (χ3v) is 6.97. The molecule has 1 aliphatic heterocycles. The van der Waals surface area contributed by atoms with Gasteiger partial charge in [-0.15, -0.1) is 11.8 Å². The van der Waals surface area contributed by atoms with Crippen molar-refractivity contribution in [3.05, 3.63) is 97.5 Å². The molecule has 0 saturated carbocycles. The van der Waals surface area contributed by atoms with Crippen LogP contribution < -0.4 is 4.90 Å². The minimum Gasteiger partial charge on any atom is -0.297 e. The van der Waals surface area contributed by atoms with Crippen LogP contribution in [-0.4, -0.2) is 21.9 Å². The van der Waals surface area contributed by atoms with Crippen molar-refractivity contribution in [2.75, 3.05) is 4.90 Å². The van der Waals surface area contributed by atoms with Gasteiger partial charge in [0.25, 0.3) is 11.6 Å². The number of benzene rings is 3. The van der Waals surface area contributed by atoms with Crippen LogP contribution in [0.5, 0.6) is 0 Å². The first-order valence-electron chi connectivity index (χ1n) is 9.25. The Balaban J connectivity index is 1.83. The summed E-state index contributed by atoms with van der Waals surface area (Å²) in [6, 6.07) is 16.8. The Morgan fingerprint density at radius 1 is 0.875 bits per heavy atom. The summed E-state index contributed by atoms with van der Waals surface area (Å²) in [6.45, 7) is 0. The largest absolute Gasteiger partial charge is 0.297 e. The van der Waals surface area contributed by atoms with Crippen LogP contribution in [0.4, 0.5) is 11.4 Å². The SMILES string of the molecule is O=C1C(=O)N(c2cccc(Cl)c2)C(c2ccc(Cl)cc2)C1Sc1ccc(Cl)cc1[N+](=O)[O-]. The van der Waals surface area contributed by atoms with Crippen molar-refractivity contribution >= 4 is 69.6 Å². The van der Waals surface area contributed by atoms with Gasteiger partial charge >= 0.3 is 0 Å². The number of amides is 1. The second kappa shape index (κ2) is 9.11. The second-order valence-electron chi connectivity index (χ2n) is 6.92. The molecule has 32 heavy (non-hydrogen) atoms. The van der Waals surface area contributed by atoms with Gasteiger partial charge in [0.1, 0.15) is 5.25 Å². The van der Waals surface area contributed by atoms with E-state index in [2.05, 4.69) is 0 Å². The number of nitro benzene ring substituents is 1. The van der Waals surface area contributed by atoms with Crippen molar-refractivity contribution in [3.63, 3.8) is 0 Å². The topological polar surface area (TPSA) is 80.5 Å². The molecule has 2 unspecified atom stereocenters. The van der Waals surface area contributed by atoms with Crippen molar-refractivity contribution < 1.29 is 14.5 Å². The molecule has 0 aromatic heterocycles. The van der Waals surface area contributed by atoms with Crippen molar-refractivity contribution in [2.24, 2.45) is 0 Å². The Kier molecular flexibility index (Phi) is 6.44. The van der Waals surface area contributed by atoms with Gasteiger partial charge in [0.05, 0.1) is 15.9 Å². The highest BCUT2D eigenvalue weighted by atomic mass is 35.5. The molecule has 4 rings (SSSR count). The second-order valence-corrected chi connectivity index (χ2v) is 9.42. The highest BCUT2D eigenvalue weighted by Crippen LogP contribution is 2.46. The van der Waals surface area contributed by atoms with Gasteiger partial charge in [0.15, 0.2) is 0 Å². The molecule has 3 aromatic carbocycles. The molecule has 6 nitrogen and oxygen atoms in total. The predicted octanol–water partition coefficient (Wildman–Crippen LogP) is 6.37. The van der Waals surface area contributed by atoms with E-state index < -0.39 is 27.9 Å². The van der Waals surface area contributed by atoms with E-state index >= 15 is 0 Å². The van der Waals surface area contributed by atoms with Gasteiger partial charge in [0.2, 0.25) is 5.78 Å². The minimum atomic E-state index is -0.942. The minimum absolute atomic E-state index is 0.199. The van der Waals surface area contributed by atoms with Crippen LogP contribution >= 0.6 is 46.6 Å². The molecule has 1 fully saturated rings. The first kappa shape index (κ1) is 22.6. The third-order valence-electron chi connectivity index (χ3n) is 4.92. The summed E-state index contributed by atoms with van der Waals surface area (Å²) in [5.74, 6) is -1.39. The lowest BCUT2D eigenvalue weighted by Gasteiger charge is -2.27. The molecular formula is C22H13Cl3N2O4S. The first-order chi connectivity index (χ1) is 15.3. The molecule has 0 bridgehead atoms. The van der Waals surface area contributed by atoms with E-state index in [4.69, 9.17) is 34.8 Å². The molecule has 162 valence electrons. The summed E-state index contributed by atoms with van der Waals surface area (Å²) in [7, 11) is 0. The fourth-order valence-electron chi connectivity index (χ4n) is 3.52. The zero-order valence-corrected chi connectivity index (χ0v) is 19.2. The predicted molar refractivity (Wildman–Crippen MR) is 126 cm³/mol. The number of carbonyl (C=O) groups excluding carboxylic acids is 2. The molecule has 1 heterocycles. The van der Waals surface area contributed by atoms with Gasteiger partial charge in [0, 0.05) is 26.8 Å². The lowest BCUT2D eigenvalue weighted by molar-refractivity contribution is -0.387. The van der Waals surface area contributed by atoms with Crippen LogP contribution in [0.15, 0.2) is 71.6 Å². The first-order valence-corrected chi connectivity index (χ1v) is 11.3. The lowest BCUT2D eigenvalue weighted by atomic mass is 10.0. The van der Waals surface area contributed by atoms with Gasteiger partial charge < -0.3 is 0 Å². The fraction of sp³-hybridized carbons (Fsp3) is 0.0909. The maximum atomic E-state index is 13.1. The van der Waals surface area contributed by atoms with Gasteiger partial charge in [-0.2, -0.15) is 0 Å². The number of nitrogens with zero attached hydrogens (tertiary/aromatic N) is 2. The molecule has 0 aliphatic carbocycles. The fourth-order valence-corrected chi connectivity index (χ4v) is 5.29. The molecule has 1 aliphatic rings. The highest BCUT2D eigenvalue weighted by molar-refractivity contribution is 8.01. The Morgan fingerprint density at radius 2 is 1.53 bits per heavy atom. The van der Waals surface area contributed by atoms with E-state index in [9.17, 15) is 19.7 Å². The van der Waals surface area contributed by atoms with E-state index in [0.29, 0.717) is 21.3 Å². The molecule has 0 N–H and O–H groups in total. The number of rotatable bonds is 5. The van der Waals surface area contributed by atoms with E-state index in [1.54, 1.807) is 48.5 Å². The molecule has 2 atom stereocenters. The molecule has 10 heteroatoms. The molecule has 3 aromatic rings. The quantitative estimate of drug-likeness (QED) is 0.228. The number of thioether (sulfide) groups is 1. The van der Waals surface area contributed by atoms with Gasteiger partial charge in [-0.3, -0.25) is 24.6 Å². The van der Waals surface area contributed by atoms with Crippen LogP contribution in [0, 0.1) is 10.1 Å². The Bertz CT molecular complexity index is 1240. The van der Waals surface area contributed by atoms with Crippen LogP contribution in [0.25, 0.3) is 0 Å². The van der Waals surface area contributed by atoms with Crippen LogP contribution in [-0.2, 0) is 9.59 Å². The number of hydrogen-bond donors (Lipinski definition) is 0. The summed E-state index contributed by atoms with van der Waals surface area (Å²) in [5.41, 5.74) is 0.867. The van der Waals surface area contributed by atoms with E-state index in [1.165, 1.54) is 23.1 Å². The average molecular weight is 508 g/mol. The molecule has 0 radical (unpaired) electrons. The molecule has 1 saturated heterocycles. The average Bonchev–Trinajstić information content (AvgIpc) is 3.00. The molecule has 0 spiro atoms.